The first-order chi connectivity index (χ1) is 16.3. The van der Waals surface area contributed by atoms with Gasteiger partial charge in [0.05, 0.1) is 36.8 Å². The molecule has 0 saturated carbocycles. The molecule has 11 nitrogen and oxygen atoms in total. The summed E-state index contributed by atoms with van der Waals surface area (Å²) < 4.78 is 11.0. The molecule has 2 aliphatic heterocycles. The minimum Gasteiger partial charge on any atom is -0.496 e. The number of methoxy groups -OCH3 is 1. The molecular formula is C23H23N5O6. The Morgan fingerprint density at radius 3 is 2.74 bits per heavy atom. The minimum absolute atomic E-state index is 0.0855. The van der Waals surface area contributed by atoms with Crippen LogP contribution in [0.1, 0.15) is 24.0 Å². The smallest absolute Gasteiger partial charge is 0.410 e. The van der Waals surface area contributed by atoms with Crippen LogP contribution in [0.25, 0.3) is 0 Å². The van der Waals surface area contributed by atoms with Gasteiger partial charge in [-0.3, -0.25) is 15.0 Å². The lowest BCUT2D eigenvalue weighted by molar-refractivity contribution is -0.384. The summed E-state index contributed by atoms with van der Waals surface area (Å²) in [6.45, 7) is 1.22. The van der Waals surface area contributed by atoms with E-state index in [0.29, 0.717) is 55.0 Å². The first-order valence-corrected chi connectivity index (χ1v) is 10.7. The van der Waals surface area contributed by atoms with Gasteiger partial charge in [0.1, 0.15) is 11.4 Å². The van der Waals surface area contributed by atoms with E-state index in [0.717, 1.165) is 0 Å². The summed E-state index contributed by atoms with van der Waals surface area (Å²) >= 11 is 0. The molecule has 0 aliphatic carbocycles. The second-order valence-corrected chi connectivity index (χ2v) is 8.27. The Balaban J connectivity index is 1.38. The van der Waals surface area contributed by atoms with Gasteiger partial charge in [-0.15, -0.1) is 0 Å². The van der Waals surface area contributed by atoms with E-state index in [1.54, 1.807) is 29.2 Å². The van der Waals surface area contributed by atoms with Gasteiger partial charge in [-0.1, -0.05) is 6.07 Å². The van der Waals surface area contributed by atoms with Crippen LogP contribution in [0.4, 0.5) is 21.0 Å². The van der Waals surface area contributed by atoms with Crippen LogP contribution in [0.5, 0.6) is 5.75 Å². The molecule has 0 bridgehead atoms. The molecule has 2 saturated heterocycles. The van der Waals surface area contributed by atoms with Gasteiger partial charge in [0, 0.05) is 49.3 Å². The maximum absolute atomic E-state index is 12.6. The zero-order chi connectivity index (χ0) is 24.3. The number of nitro benzene ring substituents is 1. The van der Waals surface area contributed by atoms with Crippen LogP contribution < -0.4 is 10.1 Å². The number of rotatable bonds is 5. The van der Waals surface area contributed by atoms with E-state index in [1.165, 1.54) is 30.2 Å². The zero-order valence-electron chi connectivity index (χ0n) is 18.5. The van der Waals surface area contributed by atoms with Crippen molar-refractivity contribution in [1.82, 2.24) is 9.80 Å². The summed E-state index contributed by atoms with van der Waals surface area (Å²) in [6, 6.07) is 12.7. The number of urea groups is 1. The van der Waals surface area contributed by atoms with E-state index in [9.17, 15) is 19.7 Å². The molecule has 1 N–H and O–H groups in total. The van der Waals surface area contributed by atoms with Crippen LogP contribution in [0.15, 0.2) is 42.5 Å². The molecule has 2 aliphatic rings. The first kappa shape index (κ1) is 22.8. The van der Waals surface area contributed by atoms with Crippen molar-refractivity contribution in [3.05, 3.63) is 63.7 Å². The zero-order valence-corrected chi connectivity index (χ0v) is 18.5. The lowest BCUT2D eigenvalue weighted by Crippen LogP contribution is -2.49. The van der Waals surface area contributed by atoms with Crippen LogP contribution in [0, 0.1) is 21.4 Å². The summed E-state index contributed by atoms with van der Waals surface area (Å²) in [5.41, 5.74) is 0.699. The van der Waals surface area contributed by atoms with E-state index < -0.39 is 16.6 Å². The fourth-order valence-electron chi connectivity index (χ4n) is 4.27. The van der Waals surface area contributed by atoms with Gasteiger partial charge in [-0.05, 0) is 24.3 Å². The first-order valence-electron chi connectivity index (χ1n) is 10.7. The molecule has 176 valence electrons. The highest BCUT2D eigenvalue weighted by molar-refractivity contribution is 5.89. The van der Waals surface area contributed by atoms with Crippen molar-refractivity contribution in [3.8, 4) is 11.8 Å². The Hall–Kier alpha value is -4.33. The molecule has 0 aromatic heterocycles. The number of nitro groups is 1. The van der Waals surface area contributed by atoms with Crippen LogP contribution in [-0.4, -0.2) is 59.2 Å². The molecule has 0 radical (unpaired) electrons. The number of carbonyl (C=O) groups is 2. The highest BCUT2D eigenvalue weighted by Gasteiger charge is 2.47. The lowest BCUT2D eigenvalue weighted by atomic mass is 9.91. The molecular weight excluding hydrogens is 442 g/mol. The summed E-state index contributed by atoms with van der Waals surface area (Å²) in [6.07, 6.45) is 0.430. The molecule has 2 aromatic carbocycles. The predicted molar refractivity (Wildman–Crippen MR) is 120 cm³/mol. The Morgan fingerprint density at radius 1 is 1.29 bits per heavy atom. The monoisotopic (exact) mass is 465 g/mol. The van der Waals surface area contributed by atoms with Crippen molar-refractivity contribution in [2.24, 2.45) is 0 Å². The van der Waals surface area contributed by atoms with Gasteiger partial charge < -0.3 is 19.7 Å². The summed E-state index contributed by atoms with van der Waals surface area (Å²) in [5.74, 6) is 0.450. The number of amides is 3. The molecule has 0 atom stereocenters. The highest BCUT2D eigenvalue weighted by atomic mass is 16.6. The number of ether oxygens (including phenoxy) is 2. The molecule has 3 amide bonds. The van der Waals surface area contributed by atoms with Crippen LogP contribution >= 0.6 is 0 Å². The third-order valence-electron chi connectivity index (χ3n) is 6.08. The average Bonchev–Trinajstić information content (AvgIpc) is 3.13. The second kappa shape index (κ2) is 9.27. The number of anilines is 1. The van der Waals surface area contributed by atoms with Crippen molar-refractivity contribution >= 4 is 23.5 Å². The normalized spacial score (nSPS) is 16.6. The topological polar surface area (TPSA) is 138 Å². The Morgan fingerprint density at radius 2 is 2.06 bits per heavy atom. The second-order valence-electron chi connectivity index (χ2n) is 8.27. The molecule has 2 aromatic rings. The Bertz CT molecular complexity index is 1170. The number of hydrogen-bond acceptors (Lipinski definition) is 7. The quantitative estimate of drug-likeness (QED) is 0.527. The van der Waals surface area contributed by atoms with Gasteiger partial charge in [0.25, 0.3) is 5.69 Å². The predicted octanol–water partition coefficient (Wildman–Crippen LogP) is 3.49. The van der Waals surface area contributed by atoms with Crippen molar-refractivity contribution in [2.45, 2.75) is 25.0 Å². The number of nitrogens with zero attached hydrogens (tertiary/aromatic N) is 4. The molecule has 0 unspecified atom stereocenters. The third-order valence-corrected chi connectivity index (χ3v) is 6.08. The van der Waals surface area contributed by atoms with Gasteiger partial charge in [0.2, 0.25) is 0 Å². The summed E-state index contributed by atoms with van der Waals surface area (Å²) in [5, 5.41) is 22.9. The van der Waals surface area contributed by atoms with Crippen molar-refractivity contribution in [3.63, 3.8) is 0 Å². The Kier molecular flexibility index (Phi) is 6.23. The van der Waals surface area contributed by atoms with Gasteiger partial charge in [-0.2, -0.15) is 5.26 Å². The largest absolute Gasteiger partial charge is 0.496 e. The SMILES string of the molecule is COc1ccc([N+](=O)[O-])cc1CN1CC2(CCN(C(=O)Nc3cccc(C#N)c3)CC2)OC1=O. The van der Waals surface area contributed by atoms with E-state index in [4.69, 9.17) is 14.7 Å². The fraction of sp³-hybridized carbons (Fsp3) is 0.348. The number of likely N-dealkylation sites (tertiary alicyclic amines) is 1. The van der Waals surface area contributed by atoms with E-state index in [1.807, 2.05) is 6.07 Å². The fourth-order valence-corrected chi connectivity index (χ4v) is 4.27. The van der Waals surface area contributed by atoms with Crippen molar-refractivity contribution in [1.29, 1.82) is 5.26 Å². The van der Waals surface area contributed by atoms with Gasteiger partial charge in [-0.25, -0.2) is 9.59 Å². The molecule has 11 heteroatoms. The van der Waals surface area contributed by atoms with Crippen LogP contribution in [0.3, 0.4) is 0 Å². The molecule has 34 heavy (non-hydrogen) atoms. The number of non-ortho nitro benzene ring substituents is 1. The number of carbonyl (C=O) groups excluding carboxylic acids is 2. The molecule has 1 spiro atoms. The van der Waals surface area contributed by atoms with Crippen molar-refractivity contribution < 1.29 is 24.0 Å². The number of piperidine rings is 1. The van der Waals surface area contributed by atoms with Crippen LogP contribution in [0.2, 0.25) is 0 Å². The molecule has 4 rings (SSSR count). The third kappa shape index (κ3) is 4.71. The van der Waals surface area contributed by atoms with E-state index in [2.05, 4.69) is 5.32 Å². The summed E-state index contributed by atoms with van der Waals surface area (Å²) in [4.78, 5) is 39.0. The average molecular weight is 465 g/mol. The number of nitrogens with one attached hydrogen (secondary N) is 1. The van der Waals surface area contributed by atoms with Gasteiger partial charge in [0.15, 0.2) is 0 Å². The minimum atomic E-state index is -0.720. The van der Waals surface area contributed by atoms with Crippen molar-refractivity contribution in [2.75, 3.05) is 32.1 Å². The number of benzene rings is 2. The van der Waals surface area contributed by atoms with E-state index >= 15 is 0 Å². The molecule has 2 heterocycles. The van der Waals surface area contributed by atoms with Crippen LogP contribution in [-0.2, 0) is 11.3 Å². The van der Waals surface area contributed by atoms with Gasteiger partial charge >= 0.3 is 12.1 Å². The maximum atomic E-state index is 12.6. The highest BCUT2D eigenvalue weighted by Crippen LogP contribution is 2.35. The molecule has 2 fully saturated rings. The standard InChI is InChI=1S/C23H23N5O6/c1-33-20-6-5-19(28(31)32)12-17(20)14-27-15-23(34-22(27)30)7-9-26(10-8-23)21(29)25-18-4-2-3-16(11-18)13-24/h2-6,11-12H,7-10,14-15H2,1H3,(H,25,29). The van der Waals surface area contributed by atoms with E-state index in [-0.39, 0.29) is 18.3 Å². The number of nitriles is 1. The maximum Gasteiger partial charge on any atom is 0.410 e. The summed E-state index contributed by atoms with van der Waals surface area (Å²) in [7, 11) is 1.46. The lowest BCUT2D eigenvalue weighted by Gasteiger charge is -2.37. The number of hydrogen-bond donors (Lipinski definition) is 1. The Labute approximate surface area is 195 Å².